The lowest BCUT2D eigenvalue weighted by atomic mass is 10.1. The molecule has 0 aromatic carbocycles. The van der Waals surface area contributed by atoms with Crippen LogP contribution in [0.25, 0.3) is 0 Å². The van der Waals surface area contributed by atoms with Gasteiger partial charge in [0, 0.05) is 19.2 Å². The first-order valence-electron chi connectivity index (χ1n) is 5.30. The van der Waals surface area contributed by atoms with Gasteiger partial charge in [0.2, 0.25) is 0 Å². The van der Waals surface area contributed by atoms with Crippen LogP contribution in [0, 0.1) is 0 Å². The summed E-state index contributed by atoms with van der Waals surface area (Å²) < 4.78 is 5.10. The molecule has 1 aromatic heterocycles. The molecule has 0 spiro atoms. The number of methoxy groups -OCH3 is 1. The summed E-state index contributed by atoms with van der Waals surface area (Å²) in [4.78, 5) is 8.19. The molecule has 0 fully saturated rings. The van der Waals surface area contributed by atoms with Crippen LogP contribution in [0.1, 0.15) is 12.5 Å². The quantitative estimate of drug-likeness (QED) is 0.647. The van der Waals surface area contributed by atoms with Crippen LogP contribution in [0.5, 0.6) is 5.75 Å². The van der Waals surface area contributed by atoms with E-state index in [1.54, 1.807) is 19.5 Å². The Bertz CT molecular complexity index is 430. The highest BCUT2D eigenvalue weighted by atomic mass is 35.5. The molecule has 0 bridgehead atoms. The smallest absolute Gasteiger partial charge is 0.137 e. The fourth-order valence-electron chi connectivity index (χ4n) is 1.28. The van der Waals surface area contributed by atoms with E-state index in [-0.39, 0.29) is 0 Å². The summed E-state index contributed by atoms with van der Waals surface area (Å²) in [5.74, 6) is 0.674. The maximum atomic E-state index is 6.01. The van der Waals surface area contributed by atoms with E-state index in [9.17, 15) is 0 Å². The fraction of sp³-hybridized carbons (Fsp3) is 0.333. The highest BCUT2D eigenvalue weighted by Gasteiger charge is 2.05. The van der Waals surface area contributed by atoms with Gasteiger partial charge >= 0.3 is 0 Å². The Morgan fingerprint density at radius 3 is 3.00 bits per heavy atom. The number of allylic oxidation sites excluding steroid dienone is 1. The summed E-state index contributed by atoms with van der Waals surface area (Å²) in [5.41, 5.74) is 7.29. The molecular formula is C12H16ClN3O. The third kappa shape index (κ3) is 4.07. The minimum Gasteiger partial charge on any atom is -0.495 e. The van der Waals surface area contributed by atoms with Crippen LogP contribution in [0.15, 0.2) is 29.0 Å². The van der Waals surface area contributed by atoms with Crippen LogP contribution in [0.3, 0.4) is 0 Å². The lowest BCUT2D eigenvalue weighted by Crippen LogP contribution is -1.99. The molecule has 0 amide bonds. The third-order valence-corrected chi connectivity index (χ3v) is 2.51. The van der Waals surface area contributed by atoms with Gasteiger partial charge in [-0.15, -0.1) is 0 Å². The summed E-state index contributed by atoms with van der Waals surface area (Å²) >= 11 is 6.01. The number of hydrogen-bond acceptors (Lipinski definition) is 4. The van der Waals surface area contributed by atoms with Crippen LogP contribution in [-0.2, 0) is 6.42 Å². The monoisotopic (exact) mass is 253 g/mol. The molecule has 0 atom stereocenters. The van der Waals surface area contributed by atoms with E-state index in [1.807, 2.05) is 13.0 Å². The van der Waals surface area contributed by atoms with Gasteiger partial charge in [-0.1, -0.05) is 11.6 Å². The number of nitrogens with zero attached hydrogens (tertiary/aromatic N) is 2. The highest BCUT2D eigenvalue weighted by molar-refractivity contribution is 6.30. The standard InChI is InChI=1S/C12H16ClN3O/c1-3-15-7-9(6-14)4-10-5-11(17-2)8-16-12(10)13/h5-8H,3-4,14H2,1-2H3. The predicted molar refractivity (Wildman–Crippen MR) is 70.8 cm³/mol. The summed E-state index contributed by atoms with van der Waals surface area (Å²) in [6.45, 7) is 2.69. The van der Waals surface area contributed by atoms with Crippen LogP contribution in [0.4, 0.5) is 0 Å². The summed E-state index contributed by atoms with van der Waals surface area (Å²) in [7, 11) is 1.59. The average molecular weight is 254 g/mol. The van der Waals surface area contributed by atoms with Crippen LogP contribution >= 0.6 is 11.6 Å². The average Bonchev–Trinajstić information content (AvgIpc) is 2.36. The first kappa shape index (κ1) is 13.5. The van der Waals surface area contributed by atoms with E-state index in [2.05, 4.69) is 9.98 Å². The molecule has 0 unspecified atom stereocenters. The van der Waals surface area contributed by atoms with Gasteiger partial charge in [-0.3, -0.25) is 4.99 Å². The largest absolute Gasteiger partial charge is 0.495 e. The zero-order chi connectivity index (χ0) is 12.7. The molecule has 0 aliphatic rings. The van der Waals surface area contributed by atoms with Gasteiger partial charge in [-0.2, -0.15) is 0 Å². The van der Waals surface area contributed by atoms with Gasteiger partial charge in [0.15, 0.2) is 0 Å². The molecule has 92 valence electrons. The van der Waals surface area contributed by atoms with Crippen molar-refractivity contribution in [3.8, 4) is 5.75 Å². The summed E-state index contributed by atoms with van der Waals surface area (Å²) in [6, 6.07) is 1.85. The van der Waals surface area contributed by atoms with Crippen molar-refractivity contribution in [1.82, 2.24) is 4.98 Å². The zero-order valence-corrected chi connectivity index (χ0v) is 10.7. The third-order valence-electron chi connectivity index (χ3n) is 2.17. The number of hydrogen-bond donors (Lipinski definition) is 1. The van der Waals surface area contributed by atoms with Gasteiger partial charge in [0.1, 0.15) is 10.9 Å². The molecule has 0 saturated carbocycles. The minimum absolute atomic E-state index is 0.454. The molecule has 17 heavy (non-hydrogen) atoms. The Balaban J connectivity index is 2.89. The lowest BCUT2D eigenvalue weighted by molar-refractivity contribution is 0.412. The molecule has 1 rings (SSSR count). The second-order valence-corrected chi connectivity index (χ2v) is 3.73. The van der Waals surface area contributed by atoms with E-state index < -0.39 is 0 Å². The molecular weight excluding hydrogens is 238 g/mol. The maximum absolute atomic E-state index is 6.01. The Kier molecular flexibility index (Phi) is 5.49. The normalized spacial score (nSPS) is 12.1. The first-order valence-corrected chi connectivity index (χ1v) is 5.68. The fourth-order valence-corrected chi connectivity index (χ4v) is 1.45. The van der Waals surface area contributed by atoms with Crippen molar-refractivity contribution in [2.75, 3.05) is 13.7 Å². The topological polar surface area (TPSA) is 60.5 Å². The molecule has 5 heteroatoms. The Hall–Kier alpha value is -1.55. The van der Waals surface area contributed by atoms with E-state index >= 15 is 0 Å². The SMILES string of the molecule is CCN=CC(=CN)Cc1cc(OC)cnc1Cl. The summed E-state index contributed by atoms with van der Waals surface area (Å²) in [6.07, 6.45) is 5.44. The van der Waals surface area contributed by atoms with Crippen molar-refractivity contribution in [3.63, 3.8) is 0 Å². The molecule has 1 heterocycles. The van der Waals surface area contributed by atoms with E-state index in [4.69, 9.17) is 22.1 Å². The van der Waals surface area contributed by atoms with Crippen LogP contribution in [0.2, 0.25) is 5.15 Å². The van der Waals surface area contributed by atoms with E-state index in [1.165, 1.54) is 6.20 Å². The number of ether oxygens (including phenoxy) is 1. The van der Waals surface area contributed by atoms with Crippen molar-refractivity contribution >= 4 is 17.8 Å². The first-order chi connectivity index (χ1) is 8.21. The Morgan fingerprint density at radius 2 is 2.41 bits per heavy atom. The van der Waals surface area contributed by atoms with Crippen molar-refractivity contribution in [2.45, 2.75) is 13.3 Å². The van der Waals surface area contributed by atoms with Gasteiger partial charge in [-0.05, 0) is 30.3 Å². The van der Waals surface area contributed by atoms with E-state index in [0.717, 1.165) is 17.7 Å². The molecule has 0 saturated heterocycles. The van der Waals surface area contributed by atoms with Crippen molar-refractivity contribution in [3.05, 3.63) is 34.8 Å². The zero-order valence-electron chi connectivity index (χ0n) is 9.98. The van der Waals surface area contributed by atoms with Crippen molar-refractivity contribution in [2.24, 2.45) is 10.7 Å². The Labute approximate surface area is 106 Å². The van der Waals surface area contributed by atoms with Gasteiger partial charge < -0.3 is 10.5 Å². The highest BCUT2D eigenvalue weighted by Crippen LogP contribution is 2.21. The summed E-state index contributed by atoms with van der Waals surface area (Å²) in [5, 5.41) is 0.454. The van der Waals surface area contributed by atoms with Crippen molar-refractivity contribution < 1.29 is 4.74 Å². The molecule has 0 radical (unpaired) electrons. The van der Waals surface area contributed by atoms with Gasteiger partial charge in [-0.25, -0.2) is 4.98 Å². The number of rotatable bonds is 5. The molecule has 0 aliphatic carbocycles. The van der Waals surface area contributed by atoms with Gasteiger partial charge in [0.05, 0.1) is 13.3 Å². The second-order valence-electron chi connectivity index (χ2n) is 3.37. The van der Waals surface area contributed by atoms with Crippen molar-refractivity contribution in [1.29, 1.82) is 0 Å². The molecule has 2 N–H and O–H groups in total. The number of halogens is 1. The number of pyridine rings is 1. The second kappa shape index (κ2) is 6.91. The lowest BCUT2D eigenvalue weighted by Gasteiger charge is -2.06. The maximum Gasteiger partial charge on any atom is 0.137 e. The molecule has 0 aliphatic heterocycles. The molecule has 4 nitrogen and oxygen atoms in total. The van der Waals surface area contributed by atoms with E-state index in [0.29, 0.717) is 17.3 Å². The van der Waals surface area contributed by atoms with Gasteiger partial charge in [0.25, 0.3) is 0 Å². The number of aromatic nitrogens is 1. The number of nitrogens with two attached hydrogens (primary N) is 1. The predicted octanol–water partition coefficient (Wildman–Crippen LogP) is 2.22. The minimum atomic E-state index is 0.454. The van der Waals surface area contributed by atoms with Crippen LogP contribution < -0.4 is 10.5 Å². The molecule has 1 aromatic rings. The Morgan fingerprint density at radius 1 is 1.65 bits per heavy atom. The van der Waals surface area contributed by atoms with Crippen LogP contribution in [-0.4, -0.2) is 24.9 Å². The number of aliphatic imine (C=N–C) groups is 1.